The molecule has 3 heteroatoms. The van der Waals surface area contributed by atoms with Crippen molar-refractivity contribution in [3.05, 3.63) is 188 Å². The number of rotatable bonds is 5. The Morgan fingerprint density at radius 3 is 1.43 bits per heavy atom. The maximum Gasteiger partial charge on any atom is 0.0542 e. The summed E-state index contributed by atoms with van der Waals surface area (Å²) in [6, 6.07) is 66.6. The molecule has 0 spiro atoms. The third kappa shape index (κ3) is 5.11. The molecule has 254 valence electrons. The van der Waals surface area contributed by atoms with E-state index in [1.165, 1.54) is 59.9 Å². The average Bonchev–Trinajstić information content (AvgIpc) is 3.70. The van der Waals surface area contributed by atoms with E-state index in [1.54, 1.807) is 0 Å². The summed E-state index contributed by atoms with van der Waals surface area (Å²) < 4.78 is 4.79. The SMILES string of the molecule is CC(C)(C)c1ccc2c(c1)c1cc(N(c3ccc4ccccc4c3)c3ccc4c(c3)c3ccccc3n4-c3ccccc3)ccc1n2-c1ccccc1. The summed E-state index contributed by atoms with van der Waals surface area (Å²) in [6.07, 6.45) is 0. The van der Waals surface area contributed by atoms with Crippen LogP contribution in [-0.2, 0) is 5.41 Å². The van der Waals surface area contributed by atoms with E-state index < -0.39 is 0 Å². The molecule has 10 aromatic rings. The predicted molar refractivity (Wildman–Crippen MR) is 226 cm³/mol. The largest absolute Gasteiger partial charge is 0.310 e. The Balaban J connectivity index is 1.25. The molecular formula is C50H39N3. The van der Waals surface area contributed by atoms with E-state index in [-0.39, 0.29) is 5.41 Å². The minimum atomic E-state index is 0.0262. The van der Waals surface area contributed by atoms with Crippen molar-refractivity contribution in [2.75, 3.05) is 4.90 Å². The van der Waals surface area contributed by atoms with Gasteiger partial charge in [-0.2, -0.15) is 0 Å². The zero-order chi connectivity index (χ0) is 35.7. The first-order valence-corrected chi connectivity index (χ1v) is 18.4. The van der Waals surface area contributed by atoms with Gasteiger partial charge in [0.1, 0.15) is 0 Å². The fraction of sp³-hybridized carbons (Fsp3) is 0.0800. The molecule has 0 saturated heterocycles. The van der Waals surface area contributed by atoms with Crippen LogP contribution >= 0.6 is 0 Å². The Morgan fingerprint density at radius 2 is 0.811 bits per heavy atom. The molecule has 0 fully saturated rings. The third-order valence-electron chi connectivity index (χ3n) is 10.8. The lowest BCUT2D eigenvalue weighted by Crippen LogP contribution is -2.10. The Kier molecular flexibility index (Phi) is 7.06. The normalized spacial score (nSPS) is 12.1. The lowest BCUT2D eigenvalue weighted by atomic mass is 9.86. The van der Waals surface area contributed by atoms with E-state index >= 15 is 0 Å². The Hall–Kier alpha value is -6.58. The number of hydrogen-bond donors (Lipinski definition) is 0. The summed E-state index contributed by atoms with van der Waals surface area (Å²) in [6.45, 7) is 6.88. The van der Waals surface area contributed by atoms with E-state index in [2.05, 4.69) is 217 Å². The first kappa shape index (κ1) is 31.2. The standard InChI is InChI=1S/C50H39N3/c1-50(2,3)36-23-27-47-43(31-36)45-33-41(26-29-49(45)53(47)38-18-8-5-9-19-38)51(39-24-22-34-14-10-11-15-35(34)30-39)40-25-28-48-44(32-40)42-20-12-13-21-46(42)52(48)37-16-6-4-7-17-37/h4-33H,1-3H3. The van der Waals surface area contributed by atoms with E-state index in [4.69, 9.17) is 0 Å². The molecule has 0 aliphatic rings. The molecule has 8 aromatic carbocycles. The van der Waals surface area contributed by atoms with Crippen LogP contribution in [0.1, 0.15) is 26.3 Å². The number of benzene rings is 8. The molecule has 0 bridgehead atoms. The van der Waals surface area contributed by atoms with Crippen LogP contribution in [-0.4, -0.2) is 9.13 Å². The van der Waals surface area contributed by atoms with Gasteiger partial charge in [-0.25, -0.2) is 0 Å². The summed E-state index contributed by atoms with van der Waals surface area (Å²) >= 11 is 0. The second kappa shape index (κ2) is 12.0. The first-order valence-electron chi connectivity index (χ1n) is 18.4. The summed E-state index contributed by atoms with van der Waals surface area (Å²) in [5.74, 6) is 0. The van der Waals surface area contributed by atoms with Crippen LogP contribution in [0.25, 0.3) is 65.8 Å². The van der Waals surface area contributed by atoms with Crippen molar-refractivity contribution in [2.24, 2.45) is 0 Å². The summed E-state index contributed by atoms with van der Waals surface area (Å²) in [5, 5.41) is 7.41. The van der Waals surface area contributed by atoms with Crippen molar-refractivity contribution < 1.29 is 0 Å². The summed E-state index contributed by atoms with van der Waals surface area (Å²) in [4.78, 5) is 2.43. The first-order chi connectivity index (χ1) is 25.9. The fourth-order valence-electron chi connectivity index (χ4n) is 8.19. The molecular weight excluding hydrogens is 643 g/mol. The molecule has 0 saturated carbocycles. The smallest absolute Gasteiger partial charge is 0.0542 e. The van der Waals surface area contributed by atoms with Gasteiger partial charge in [0.2, 0.25) is 0 Å². The Labute approximate surface area is 309 Å². The highest BCUT2D eigenvalue weighted by molar-refractivity contribution is 6.13. The lowest BCUT2D eigenvalue weighted by Gasteiger charge is -2.26. The molecule has 0 atom stereocenters. The van der Waals surface area contributed by atoms with Gasteiger partial charge in [0.25, 0.3) is 0 Å². The van der Waals surface area contributed by atoms with Crippen LogP contribution in [0.15, 0.2) is 182 Å². The van der Waals surface area contributed by atoms with Crippen molar-refractivity contribution in [3.8, 4) is 11.4 Å². The van der Waals surface area contributed by atoms with Crippen molar-refractivity contribution in [1.29, 1.82) is 0 Å². The highest BCUT2D eigenvalue weighted by Crippen LogP contribution is 2.43. The van der Waals surface area contributed by atoms with Gasteiger partial charge in [0.15, 0.2) is 0 Å². The van der Waals surface area contributed by atoms with Crippen LogP contribution in [0.3, 0.4) is 0 Å². The second-order valence-electron chi connectivity index (χ2n) is 15.1. The van der Waals surface area contributed by atoms with Gasteiger partial charge in [-0.3, -0.25) is 0 Å². The monoisotopic (exact) mass is 681 g/mol. The zero-order valence-corrected chi connectivity index (χ0v) is 30.2. The number of aromatic nitrogens is 2. The van der Waals surface area contributed by atoms with Gasteiger partial charge in [-0.15, -0.1) is 0 Å². The van der Waals surface area contributed by atoms with E-state index in [9.17, 15) is 0 Å². The quantitative estimate of drug-likeness (QED) is 0.176. The molecule has 2 heterocycles. The van der Waals surface area contributed by atoms with Gasteiger partial charge in [-0.1, -0.05) is 112 Å². The topological polar surface area (TPSA) is 13.1 Å². The predicted octanol–water partition coefficient (Wildman–Crippen LogP) is 13.8. The third-order valence-corrected chi connectivity index (χ3v) is 10.8. The van der Waals surface area contributed by atoms with E-state index in [0.717, 1.165) is 28.4 Å². The molecule has 0 N–H and O–H groups in total. The summed E-state index contributed by atoms with van der Waals surface area (Å²) in [7, 11) is 0. The van der Waals surface area contributed by atoms with Crippen LogP contribution in [0, 0.1) is 0 Å². The molecule has 3 nitrogen and oxygen atoms in total. The maximum atomic E-state index is 2.43. The van der Waals surface area contributed by atoms with Crippen LogP contribution in [0.5, 0.6) is 0 Å². The molecule has 0 aliphatic heterocycles. The summed E-state index contributed by atoms with van der Waals surface area (Å²) in [5.41, 5.74) is 11.8. The van der Waals surface area contributed by atoms with Gasteiger partial charge in [0.05, 0.1) is 22.1 Å². The van der Waals surface area contributed by atoms with Crippen LogP contribution < -0.4 is 4.90 Å². The highest BCUT2D eigenvalue weighted by atomic mass is 15.1. The number of anilines is 3. The molecule has 0 aliphatic carbocycles. The molecule has 2 aromatic heterocycles. The van der Waals surface area contributed by atoms with Crippen molar-refractivity contribution >= 4 is 71.4 Å². The Bertz CT molecular complexity index is 2980. The zero-order valence-electron chi connectivity index (χ0n) is 30.2. The number of fused-ring (bicyclic) bond motifs is 7. The van der Waals surface area contributed by atoms with Gasteiger partial charge in [-0.05, 0) is 113 Å². The van der Waals surface area contributed by atoms with Crippen LogP contribution in [0.2, 0.25) is 0 Å². The van der Waals surface area contributed by atoms with Gasteiger partial charge in [0, 0.05) is 50.0 Å². The van der Waals surface area contributed by atoms with Crippen molar-refractivity contribution in [3.63, 3.8) is 0 Å². The van der Waals surface area contributed by atoms with Crippen LogP contribution in [0.4, 0.5) is 17.1 Å². The molecule has 0 unspecified atom stereocenters. The van der Waals surface area contributed by atoms with Gasteiger partial charge >= 0.3 is 0 Å². The van der Waals surface area contributed by atoms with Crippen molar-refractivity contribution in [1.82, 2.24) is 9.13 Å². The molecule has 10 rings (SSSR count). The van der Waals surface area contributed by atoms with Crippen molar-refractivity contribution in [2.45, 2.75) is 26.2 Å². The van der Waals surface area contributed by atoms with Gasteiger partial charge < -0.3 is 14.0 Å². The van der Waals surface area contributed by atoms with E-state index in [0.29, 0.717) is 0 Å². The lowest BCUT2D eigenvalue weighted by molar-refractivity contribution is 0.591. The number of nitrogens with zero attached hydrogens (tertiary/aromatic N) is 3. The number of para-hydroxylation sites is 3. The maximum absolute atomic E-state index is 2.43. The minimum Gasteiger partial charge on any atom is -0.310 e. The number of hydrogen-bond acceptors (Lipinski definition) is 1. The molecule has 0 radical (unpaired) electrons. The molecule has 0 amide bonds. The second-order valence-corrected chi connectivity index (χ2v) is 15.1. The minimum absolute atomic E-state index is 0.0262. The average molecular weight is 682 g/mol. The Morgan fingerprint density at radius 1 is 0.358 bits per heavy atom. The highest BCUT2D eigenvalue weighted by Gasteiger charge is 2.22. The fourth-order valence-corrected chi connectivity index (χ4v) is 8.19. The molecule has 53 heavy (non-hydrogen) atoms. The van der Waals surface area contributed by atoms with E-state index in [1.807, 2.05) is 0 Å².